The van der Waals surface area contributed by atoms with E-state index in [1.807, 2.05) is 0 Å². The smallest absolute Gasteiger partial charge is 0.125 e. The van der Waals surface area contributed by atoms with Crippen LogP contribution < -0.4 is 16.2 Å². The third-order valence-electron chi connectivity index (χ3n) is 4.53. The molecule has 0 bridgehead atoms. The largest absolute Gasteiger partial charge is 0.493 e. The van der Waals surface area contributed by atoms with Crippen LogP contribution in [-0.4, -0.2) is 19.7 Å². The Morgan fingerprint density at radius 3 is 2.24 bits per heavy atom. The van der Waals surface area contributed by atoms with Crippen molar-refractivity contribution in [2.24, 2.45) is 23.3 Å². The fraction of sp³-hybridized carbons (Fsp3) is 0.667. The van der Waals surface area contributed by atoms with Gasteiger partial charge in [0.25, 0.3) is 0 Å². The summed E-state index contributed by atoms with van der Waals surface area (Å²) in [5.74, 6) is 2.21. The van der Waals surface area contributed by atoms with E-state index in [1.165, 1.54) is 16.7 Å². The van der Waals surface area contributed by atoms with Crippen LogP contribution in [0.25, 0.3) is 0 Å². The highest BCUT2D eigenvalue weighted by atomic mass is 16.5. The van der Waals surface area contributed by atoms with E-state index in [0.717, 1.165) is 18.8 Å². The van der Waals surface area contributed by atoms with Crippen LogP contribution in [0.3, 0.4) is 0 Å². The quantitative estimate of drug-likeness (QED) is 0.772. The van der Waals surface area contributed by atoms with Crippen LogP contribution in [0.15, 0.2) is 12.1 Å². The molecule has 3 heteroatoms. The number of hydrogen-bond acceptors (Lipinski definition) is 3. The zero-order chi connectivity index (χ0) is 16.0. The van der Waals surface area contributed by atoms with Gasteiger partial charge in [-0.2, -0.15) is 0 Å². The van der Waals surface area contributed by atoms with Crippen molar-refractivity contribution in [3.63, 3.8) is 0 Å². The SMILES string of the molecule is CCCOc1c(C)cc(C)cc1C(C)C(C)C(CN)CN. The Morgan fingerprint density at radius 2 is 1.71 bits per heavy atom. The van der Waals surface area contributed by atoms with E-state index in [0.29, 0.717) is 30.8 Å². The van der Waals surface area contributed by atoms with Crippen molar-refractivity contribution in [1.82, 2.24) is 0 Å². The minimum absolute atomic E-state index is 0.347. The van der Waals surface area contributed by atoms with Crippen LogP contribution in [0.4, 0.5) is 0 Å². The first kappa shape index (κ1) is 18.0. The minimum atomic E-state index is 0.347. The van der Waals surface area contributed by atoms with Gasteiger partial charge in [0, 0.05) is 0 Å². The lowest BCUT2D eigenvalue weighted by atomic mass is 9.79. The summed E-state index contributed by atoms with van der Waals surface area (Å²) in [4.78, 5) is 0. The second-order valence-corrected chi connectivity index (χ2v) is 6.23. The Kier molecular flexibility index (Phi) is 7.20. The molecule has 0 aliphatic carbocycles. The molecule has 0 amide bonds. The van der Waals surface area contributed by atoms with E-state index in [9.17, 15) is 0 Å². The molecule has 1 rings (SSSR count). The highest BCUT2D eigenvalue weighted by Crippen LogP contribution is 2.37. The maximum atomic E-state index is 6.03. The molecule has 0 aliphatic rings. The van der Waals surface area contributed by atoms with Gasteiger partial charge in [-0.05, 0) is 62.2 Å². The molecule has 3 nitrogen and oxygen atoms in total. The lowest BCUT2D eigenvalue weighted by Crippen LogP contribution is -2.31. The summed E-state index contributed by atoms with van der Waals surface area (Å²) >= 11 is 0. The second kappa shape index (κ2) is 8.40. The van der Waals surface area contributed by atoms with Gasteiger partial charge < -0.3 is 16.2 Å². The zero-order valence-electron chi connectivity index (χ0n) is 14.3. The molecule has 0 aromatic heterocycles. The van der Waals surface area contributed by atoms with Gasteiger partial charge in [-0.15, -0.1) is 0 Å². The lowest BCUT2D eigenvalue weighted by Gasteiger charge is -2.29. The Bertz CT molecular complexity index is 441. The van der Waals surface area contributed by atoms with Crippen LogP contribution in [0.5, 0.6) is 5.75 Å². The van der Waals surface area contributed by atoms with E-state index < -0.39 is 0 Å². The summed E-state index contributed by atoms with van der Waals surface area (Å²) in [7, 11) is 0. The number of aryl methyl sites for hydroxylation is 2. The van der Waals surface area contributed by atoms with Gasteiger partial charge >= 0.3 is 0 Å². The number of hydrogen-bond donors (Lipinski definition) is 2. The van der Waals surface area contributed by atoms with Crippen molar-refractivity contribution in [3.8, 4) is 5.75 Å². The van der Waals surface area contributed by atoms with Gasteiger partial charge in [0.1, 0.15) is 5.75 Å². The molecule has 4 N–H and O–H groups in total. The van der Waals surface area contributed by atoms with Crippen LogP contribution in [0, 0.1) is 25.7 Å². The maximum Gasteiger partial charge on any atom is 0.125 e. The molecule has 1 aromatic carbocycles. The van der Waals surface area contributed by atoms with Crippen molar-refractivity contribution in [2.75, 3.05) is 19.7 Å². The predicted molar refractivity (Wildman–Crippen MR) is 90.9 cm³/mol. The maximum absolute atomic E-state index is 6.03. The average Bonchev–Trinajstić information content (AvgIpc) is 2.46. The molecule has 0 radical (unpaired) electrons. The Balaban J connectivity index is 3.14. The van der Waals surface area contributed by atoms with Gasteiger partial charge in [0.05, 0.1) is 6.61 Å². The Labute approximate surface area is 130 Å². The highest BCUT2D eigenvalue weighted by molar-refractivity contribution is 5.45. The molecule has 2 atom stereocenters. The van der Waals surface area contributed by atoms with Crippen LogP contribution in [-0.2, 0) is 0 Å². The fourth-order valence-corrected chi connectivity index (χ4v) is 2.94. The standard InChI is InChI=1S/C18H32N2O/c1-6-7-21-18-13(3)8-12(2)9-17(18)15(5)14(4)16(10-19)11-20/h8-9,14-16H,6-7,10-11,19-20H2,1-5H3. The summed E-state index contributed by atoms with van der Waals surface area (Å²) in [6.07, 6.45) is 1.02. The van der Waals surface area contributed by atoms with Gasteiger partial charge in [-0.25, -0.2) is 0 Å². The number of benzene rings is 1. The average molecular weight is 292 g/mol. The van der Waals surface area contributed by atoms with Crippen LogP contribution in [0.2, 0.25) is 0 Å². The van der Waals surface area contributed by atoms with Crippen molar-refractivity contribution < 1.29 is 4.74 Å². The Hall–Kier alpha value is -1.06. The van der Waals surface area contributed by atoms with E-state index in [1.54, 1.807) is 0 Å². The van der Waals surface area contributed by atoms with Gasteiger partial charge in [-0.1, -0.05) is 38.5 Å². The molecule has 0 spiro atoms. The summed E-state index contributed by atoms with van der Waals surface area (Å²) in [5.41, 5.74) is 15.5. The summed E-state index contributed by atoms with van der Waals surface area (Å²) in [6.45, 7) is 12.9. The molecule has 21 heavy (non-hydrogen) atoms. The fourth-order valence-electron chi connectivity index (χ4n) is 2.94. The minimum Gasteiger partial charge on any atom is -0.493 e. The number of nitrogens with two attached hydrogens (primary N) is 2. The molecular weight excluding hydrogens is 260 g/mol. The summed E-state index contributed by atoms with van der Waals surface area (Å²) in [6, 6.07) is 4.44. The van der Waals surface area contributed by atoms with Crippen LogP contribution in [0.1, 0.15) is 49.8 Å². The molecule has 0 aliphatic heterocycles. The number of ether oxygens (including phenoxy) is 1. The zero-order valence-corrected chi connectivity index (χ0v) is 14.3. The van der Waals surface area contributed by atoms with Crippen molar-refractivity contribution in [3.05, 3.63) is 28.8 Å². The van der Waals surface area contributed by atoms with Crippen molar-refractivity contribution in [1.29, 1.82) is 0 Å². The monoisotopic (exact) mass is 292 g/mol. The molecule has 0 fully saturated rings. The molecule has 1 aromatic rings. The van der Waals surface area contributed by atoms with Crippen molar-refractivity contribution in [2.45, 2.75) is 47.0 Å². The topological polar surface area (TPSA) is 61.3 Å². The van der Waals surface area contributed by atoms with E-state index in [2.05, 4.69) is 46.8 Å². The van der Waals surface area contributed by atoms with Crippen molar-refractivity contribution >= 4 is 0 Å². The first-order valence-corrected chi connectivity index (χ1v) is 8.10. The molecule has 0 heterocycles. The highest BCUT2D eigenvalue weighted by Gasteiger charge is 2.25. The predicted octanol–water partition coefficient (Wildman–Crippen LogP) is 3.37. The van der Waals surface area contributed by atoms with E-state index in [4.69, 9.17) is 16.2 Å². The van der Waals surface area contributed by atoms with Gasteiger partial charge in [0.15, 0.2) is 0 Å². The normalized spacial score (nSPS) is 14.3. The third-order valence-corrected chi connectivity index (χ3v) is 4.53. The van der Waals surface area contributed by atoms with E-state index in [-0.39, 0.29) is 0 Å². The number of rotatable bonds is 8. The first-order valence-electron chi connectivity index (χ1n) is 8.10. The lowest BCUT2D eigenvalue weighted by molar-refractivity contribution is 0.292. The van der Waals surface area contributed by atoms with Crippen LogP contribution >= 0.6 is 0 Å². The molecule has 0 saturated carbocycles. The molecule has 2 unspecified atom stereocenters. The summed E-state index contributed by atoms with van der Waals surface area (Å²) in [5, 5.41) is 0. The summed E-state index contributed by atoms with van der Waals surface area (Å²) < 4.78 is 6.03. The molecular formula is C18H32N2O. The Morgan fingerprint density at radius 1 is 1.10 bits per heavy atom. The van der Waals surface area contributed by atoms with E-state index >= 15 is 0 Å². The van der Waals surface area contributed by atoms with Gasteiger partial charge in [0.2, 0.25) is 0 Å². The second-order valence-electron chi connectivity index (χ2n) is 6.23. The molecule has 0 saturated heterocycles. The molecule has 120 valence electrons. The third kappa shape index (κ3) is 4.45. The first-order chi connectivity index (χ1) is 9.96. The van der Waals surface area contributed by atoms with Gasteiger partial charge in [-0.3, -0.25) is 0 Å².